The standard InChI is InChI=1S/C13H25NO2/c1-11-3-2-4-12(9-11)16-13(10-14)5-7-15-8-6-13/h11-12H,2-10,14H2,1H3. The summed E-state index contributed by atoms with van der Waals surface area (Å²) in [5.41, 5.74) is 5.83. The second-order valence-electron chi connectivity index (χ2n) is 5.51. The summed E-state index contributed by atoms with van der Waals surface area (Å²) in [4.78, 5) is 0. The second-order valence-corrected chi connectivity index (χ2v) is 5.51. The molecule has 2 aliphatic rings. The summed E-state index contributed by atoms with van der Waals surface area (Å²) in [5, 5.41) is 0. The van der Waals surface area contributed by atoms with E-state index in [2.05, 4.69) is 6.92 Å². The Labute approximate surface area is 98.7 Å². The van der Waals surface area contributed by atoms with Gasteiger partial charge in [-0.15, -0.1) is 0 Å². The molecule has 3 nitrogen and oxygen atoms in total. The van der Waals surface area contributed by atoms with Crippen LogP contribution in [0.15, 0.2) is 0 Å². The van der Waals surface area contributed by atoms with Crippen LogP contribution in [0.5, 0.6) is 0 Å². The molecule has 0 radical (unpaired) electrons. The summed E-state index contributed by atoms with van der Waals surface area (Å²) in [6.45, 7) is 4.58. The zero-order valence-corrected chi connectivity index (χ0v) is 10.4. The van der Waals surface area contributed by atoms with E-state index in [9.17, 15) is 0 Å². The number of nitrogens with two attached hydrogens (primary N) is 1. The molecule has 0 aromatic carbocycles. The Kier molecular flexibility index (Phi) is 4.22. The summed E-state index contributed by atoms with van der Waals surface area (Å²) >= 11 is 0. The van der Waals surface area contributed by atoms with Crippen molar-refractivity contribution in [1.29, 1.82) is 0 Å². The zero-order valence-electron chi connectivity index (χ0n) is 10.4. The van der Waals surface area contributed by atoms with Crippen molar-refractivity contribution >= 4 is 0 Å². The monoisotopic (exact) mass is 227 g/mol. The van der Waals surface area contributed by atoms with E-state index in [1.165, 1.54) is 25.7 Å². The molecule has 2 N–H and O–H groups in total. The summed E-state index contributed by atoms with van der Waals surface area (Å²) in [6, 6.07) is 0. The first-order valence-electron chi connectivity index (χ1n) is 6.70. The molecule has 0 amide bonds. The fourth-order valence-electron chi connectivity index (χ4n) is 2.95. The van der Waals surface area contributed by atoms with E-state index in [-0.39, 0.29) is 5.60 Å². The van der Waals surface area contributed by atoms with Crippen molar-refractivity contribution in [2.75, 3.05) is 19.8 Å². The molecular weight excluding hydrogens is 202 g/mol. The van der Waals surface area contributed by atoms with Crippen LogP contribution in [-0.2, 0) is 9.47 Å². The van der Waals surface area contributed by atoms with Crippen molar-refractivity contribution in [1.82, 2.24) is 0 Å². The smallest absolute Gasteiger partial charge is 0.0851 e. The highest BCUT2D eigenvalue weighted by atomic mass is 16.5. The Balaban J connectivity index is 1.89. The van der Waals surface area contributed by atoms with Crippen LogP contribution >= 0.6 is 0 Å². The predicted molar refractivity (Wildman–Crippen MR) is 64.3 cm³/mol. The quantitative estimate of drug-likeness (QED) is 0.803. The van der Waals surface area contributed by atoms with Crippen molar-refractivity contribution < 1.29 is 9.47 Å². The van der Waals surface area contributed by atoms with Gasteiger partial charge >= 0.3 is 0 Å². The molecular formula is C13H25NO2. The molecule has 2 fully saturated rings. The van der Waals surface area contributed by atoms with Crippen LogP contribution in [0.4, 0.5) is 0 Å². The van der Waals surface area contributed by atoms with Crippen LogP contribution in [0.2, 0.25) is 0 Å². The van der Waals surface area contributed by atoms with Gasteiger partial charge in [0.2, 0.25) is 0 Å². The highest BCUT2D eigenvalue weighted by molar-refractivity contribution is 4.87. The van der Waals surface area contributed by atoms with E-state index >= 15 is 0 Å². The van der Waals surface area contributed by atoms with Gasteiger partial charge in [0.1, 0.15) is 0 Å². The molecule has 1 saturated carbocycles. The fraction of sp³-hybridized carbons (Fsp3) is 1.00. The van der Waals surface area contributed by atoms with E-state index in [4.69, 9.17) is 15.2 Å². The van der Waals surface area contributed by atoms with Gasteiger partial charge in [-0.3, -0.25) is 0 Å². The van der Waals surface area contributed by atoms with Gasteiger partial charge in [0.05, 0.1) is 11.7 Å². The third kappa shape index (κ3) is 2.96. The molecule has 2 unspecified atom stereocenters. The first-order chi connectivity index (χ1) is 7.74. The predicted octanol–water partition coefficient (Wildman–Crippen LogP) is 2.09. The lowest BCUT2D eigenvalue weighted by Gasteiger charge is -2.41. The third-order valence-corrected chi connectivity index (χ3v) is 4.08. The molecule has 2 rings (SSSR count). The van der Waals surface area contributed by atoms with Crippen LogP contribution in [0, 0.1) is 5.92 Å². The average molecular weight is 227 g/mol. The molecule has 0 aromatic heterocycles. The van der Waals surface area contributed by atoms with Gasteiger partial charge in [-0.05, 0) is 18.8 Å². The third-order valence-electron chi connectivity index (χ3n) is 4.08. The summed E-state index contributed by atoms with van der Waals surface area (Å²) < 4.78 is 11.7. The van der Waals surface area contributed by atoms with Gasteiger partial charge in [-0.1, -0.05) is 19.8 Å². The van der Waals surface area contributed by atoms with E-state index in [1.54, 1.807) is 0 Å². The molecule has 1 saturated heterocycles. The van der Waals surface area contributed by atoms with Gasteiger partial charge in [0, 0.05) is 32.6 Å². The van der Waals surface area contributed by atoms with Crippen LogP contribution in [-0.4, -0.2) is 31.5 Å². The maximum Gasteiger partial charge on any atom is 0.0851 e. The average Bonchev–Trinajstić information content (AvgIpc) is 2.30. The van der Waals surface area contributed by atoms with Crippen LogP contribution in [0.3, 0.4) is 0 Å². The highest BCUT2D eigenvalue weighted by Crippen LogP contribution is 2.32. The van der Waals surface area contributed by atoms with Crippen LogP contribution < -0.4 is 5.73 Å². The van der Waals surface area contributed by atoms with E-state index in [0.29, 0.717) is 12.6 Å². The van der Waals surface area contributed by atoms with Crippen molar-refractivity contribution in [2.24, 2.45) is 11.7 Å². The molecule has 2 atom stereocenters. The SMILES string of the molecule is CC1CCCC(OC2(CN)CCOCC2)C1. The fourth-order valence-corrected chi connectivity index (χ4v) is 2.95. The highest BCUT2D eigenvalue weighted by Gasteiger charge is 2.35. The summed E-state index contributed by atoms with van der Waals surface area (Å²) in [5.74, 6) is 0.813. The Morgan fingerprint density at radius 2 is 2.06 bits per heavy atom. The minimum Gasteiger partial charge on any atom is -0.381 e. The molecule has 0 aromatic rings. The van der Waals surface area contributed by atoms with Gasteiger partial charge in [0.25, 0.3) is 0 Å². The lowest BCUT2D eigenvalue weighted by Crippen LogP contribution is -2.48. The van der Waals surface area contributed by atoms with E-state index in [0.717, 1.165) is 32.0 Å². The topological polar surface area (TPSA) is 44.5 Å². The Bertz CT molecular complexity index is 214. The first-order valence-corrected chi connectivity index (χ1v) is 6.70. The molecule has 16 heavy (non-hydrogen) atoms. The molecule has 1 aliphatic carbocycles. The van der Waals surface area contributed by atoms with Crippen LogP contribution in [0.25, 0.3) is 0 Å². The largest absolute Gasteiger partial charge is 0.381 e. The van der Waals surface area contributed by atoms with Crippen molar-refractivity contribution in [3.05, 3.63) is 0 Å². The Morgan fingerprint density at radius 1 is 1.31 bits per heavy atom. The minimum absolute atomic E-state index is 0.0834. The molecule has 0 bridgehead atoms. The van der Waals surface area contributed by atoms with Crippen molar-refractivity contribution in [3.63, 3.8) is 0 Å². The van der Waals surface area contributed by atoms with Crippen molar-refractivity contribution in [3.8, 4) is 0 Å². The molecule has 1 aliphatic heterocycles. The number of hydrogen-bond acceptors (Lipinski definition) is 3. The Hall–Kier alpha value is -0.120. The maximum atomic E-state index is 6.33. The van der Waals surface area contributed by atoms with Gasteiger partial charge in [-0.2, -0.15) is 0 Å². The Morgan fingerprint density at radius 3 is 2.69 bits per heavy atom. The molecule has 1 heterocycles. The normalized spacial score (nSPS) is 34.9. The van der Waals surface area contributed by atoms with E-state index in [1.807, 2.05) is 0 Å². The maximum absolute atomic E-state index is 6.33. The lowest BCUT2D eigenvalue weighted by molar-refractivity contribution is -0.148. The van der Waals surface area contributed by atoms with E-state index < -0.39 is 0 Å². The van der Waals surface area contributed by atoms with Gasteiger partial charge < -0.3 is 15.2 Å². The zero-order chi connectivity index (χ0) is 11.4. The molecule has 94 valence electrons. The van der Waals surface area contributed by atoms with Gasteiger partial charge in [0.15, 0.2) is 0 Å². The minimum atomic E-state index is -0.0834. The molecule has 0 spiro atoms. The number of ether oxygens (including phenoxy) is 2. The summed E-state index contributed by atoms with van der Waals surface area (Å²) in [6.07, 6.45) is 7.46. The second kappa shape index (κ2) is 5.48. The van der Waals surface area contributed by atoms with Gasteiger partial charge in [-0.25, -0.2) is 0 Å². The number of rotatable bonds is 3. The molecule has 3 heteroatoms. The lowest BCUT2D eigenvalue weighted by atomic mass is 9.87. The number of hydrogen-bond donors (Lipinski definition) is 1. The van der Waals surface area contributed by atoms with Crippen LogP contribution in [0.1, 0.15) is 45.4 Å². The summed E-state index contributed by atoms with van der Waals surface area (Å²) in [7, 11) is 0. The van der Waals surface area contributed by atoms with Crippen molar-refractivity contribution in [2.45, 2.75) is 57.2 Å². The first kappa shape index (κ1) is 12.3.